The van der Waals surface area contributed by atoms with Crippen LogP contribution in [0.2, 0.25) is 0 Å². The summed E-state index contributed by atoms with van der Waals surface area (Å²) >= 11 is 0. The fraction of sp³-hybridized carbons (Fsp3) is 0.600. The lowest BCUT2D eigenvalue weighted by Crippen LogP contribution is -2.25. The van der Waals surface area contributed by atoms with Crippen molar-refractivity contribution in [3.8, 4) is 0 Å². The van der Waals surface area contributed by atoms with E-state index in [4.69, 9.17) is 0 Å². The standard InChI is InChI=1S/C15H24N2O2S/c1-4-9-16-13(3)14-5-7-15(8-6-14)17-10-12(2)11-20(17,18)19/h5-8,12-13,16H,4,9-11H2,1-3H3. The van der Waals surface area contributed by atoms with Crippen molar-refractivity contribution in [2.75, 3.05) is 23.1 Å². The van der Waals surface area contributed by atoms with Crippen LogP contribution in [0, 0.1) is 5.92 Å². The first kappa shape index (κ1) is 15.3. The Labute approximate surface area is 122 Å². The number of nitrogens with one attached hydrogen (secondary N) is 1. The third-order valence-corrected chi connectivity index (χ3v) is 5.71. The van der Waals surface area contributed by atoms with Gasteiger partial charge in [0, 0.05) is 12.6 Å². The average Bonchev–Trinajstić information content (AvgIpc) is 2.69. The molecule has 1 N–H and O–H groups in total. The Morgan fingerprint density at radius 3 is 2.50 bits per heavy atom. The highest BCUT2D eigenvalue weighted by Crippen LogP contribution is 2.27. The van der Waals surface area contributed by atoms with Crippen LogP contribution in [-0.4, -0.2) is 27.3 Å². The summed E-state index contributed by atoms with van der Waals surface area (Å²) in [4.78, 5) is 0. The second kappa shape index (κ2) is 6.14. The van der Waals surface area contributed by atoms with Gasteiger partial charge in [0.25, 0.3) is 0 Å². The van der Waals surface area contributed by atoms with Crippen molar-refractivity contribution in [2.45, 2.75) is 33.2 Å². The van der Waals surface area contributed by atoms with Gasteiger partial charge in [-0.3, -0.25) is 4.31 Å². The minimum Gasteiger partial charge on any atom is -0.310 e. The van der Waals surface area contributed by atoms with Crippen molar-refractivity contribution in [1.82, 2.24) is 5.32 Å². The normalized spacial score (nSPS) is 22.9. The van der Waals surface area contributed by atoms with Gasteiger partial charge in [-0.15, -0.1) is 0 Å². The summed E-state index contributed by atoms with van der Waals surface area (Å²) < 4.78 is 25.6. The zero-order valence-electron chi connectivity index (χ0n) is 12.5. The smallest absolute Gasteiger partial charge is 0.235 e. The van der Waals surface area contributed by atoms with E-state index in [1.165, 1.54) is 9.87 Å². The highest BCUT2D eigenvalue weighted by atomic mass is 32.2. The van der Waals surface area contributed by atoms with Gasteiger partial charge >= 0.3 is 0 Å². The SMILES string of the molecule is CCCNC(C)c1ccc(N2CC(C)CS2(=O)=O)cc1. The van der Waals surface area contributed by atoms with Crippen LogP contribution >= 0.6 is 0 Å². The van der Waals surface area contributed by atoms with E-state index in [2.05, 4.69) is 19.2 Å². The summed E-state index contributed by atoms with van der Waals surface area (Å²) in [5.41, 5.74) is 1.97. The Morgan fingerprint density at radius 2 is 2.00 bits per heavy atom. The number of rotatable bonds is 5. The van der Waals surface area contributed by atoms with E-state index in [-0.39, 0.29) is 17.7 Å². The molecule has 0 aromatic heterocycles. The summed E-state index contributed by atoms with van der Waals surface area (Å²) in [6.07, 6.45) is 1.10. The molecule has 112 valence electrons. The summed E-state index contributed by atoms with van der Waals surface area (Å²) in [5.74, 6) is 0.452. The Balaban J connectivity index is 2.12. The minimum atomic E-state index is -3.12. The predicted octanol–water partition coefficient (Wildman–Crippen LogP) is 2.53. The maximum atomic E-state index is 12.0. The van der Waals surface area contributed by atoms with Crippen LogP contribution in [-0.2, 0) is 10.0 Å². The minimum absolute atomic E-state index is 0.199. The van der Waals surface area contributed by atoms with Crippen molar-refractivity contribution in [3.63, 3.8) is 0 Å². The third-order valence-electron chi connectivity index (χ3n) is 3.69. The van der Waals surface area contributed by atoms with Gasteiger partial charge in [0.2, 0.25) is 10.0 Å². The first-order chi connectivity index (χ1) is 9.44. The van der Waals surface area contributed by atoms with E-state index in [1.807, 2.05) is 31.2 Å². The number of hydrogen-bond acceptors (Lipinski definition) is 3. The molecule has 1 aliphatic rings. The molecule has 1 fully saturated rings. The highest BCUT2D eigenvalue weighted by Gasteiger charge is 2.33. The quantitative estimate of drug-likeness (QED) is 0.908. The molecule has 1 aromatic rings. The van der Waals surface area contributed by atoms with Gasteiger partial charge in [-0.05, 0) is 43.5 Å². The van der Waals surface area contributed by atoms with E-state index in [0.717, 1.165) is 18.7 Å². The van der Waals surface area contributed by atoms with Crippen molar-refractivity contribution < 1.29 is 8.42 Å². The second-order valence-corrected chi connectivity index (χ2v) is 7.62. The van der Waals surface area contributed by atoms with Crippen molar-refractivity contribution in [3.05, 3.63) is 29.8 Å². The maximum Gasteiger partial charge on any atom is 0.235 e. The molecule has 0 bridgehead atoms. The third kappa shape index (κ3) is 3.33. The van der Waals surface area contributed by atoms with Crippen LogP contribution in [0.25, 0.3) is 0 Å². The molecule has 2 unspecified atom stereocenters. The Hall–Kier alpha value is -1.07. The fourth-order valence-corrected chi connectivity index (χ4v) is 4.50. The van der Waals surface area contributed by atoms with Crippen molar-refractivity contribution in [1.29, 1.82) is 0 Å². The number of benzene rings is 1. The lowest BCUT2D eigenvalue weighted by Gasteiger charge is -2.19. The molecule has 0 aliphatic carbocycles. The molecule has 0 saturated carbocycles. The first-order valence-electron chi connectivity index (χ1n) is 7.27. The lowest BCUT2D eigenvalue weighted by molar-refractivity contribution is 0.571. The molecule has 1 aromatic carbocycles. The largest absolute Gasteiger partial charge is 0.310 e. The molecule has 20 heavy (non-hydrogen) atoms. The van der Waals surface area contributed by atoms with Crippen LogP contribution in [0.4, 0.5) is 5.69 Å². The highest BCUT2D eigenvalue weighted by molar-refractivity contribution is 7.93. The molecule has 1 heterocycles. The number of hydrogen-bond donors (Lipinski definition) is 1. The van der Waals surface area contributed by atoms with E-state index >= 15 is 0 Å². The van der Waals surface area contributed by atoms with Crippen LogP contribution in [0.1, 0.15) is 38.8 Å². The van der Waals surface area contributed by atoms with Gasteiger partial charge in [0.05, 0.1) is 11.4 Å². The van der Waals surface area contributed by atoms with Crippen molar-refractivity contribution >= 4 is 15.7 Å². The molecule has 0 spiro atoms. The monoisotopic (exact) mass is 296 g/mol. The molecular weight excluding hydrogens is 272 g/mol. The van der Waals surface area contributed by atoms with E-state index in [0.29, 0.717) is 6.54 Å². The van der Waals surface area contributed by atoms with E-state index in [9.17, 15) is 8.42 Å². The maximum absolute atomic E-state index is 12.0. The topological polar surface area (TPSA) is 49.4 Å². The molecular formula is C15H24N2O2S. The molecule has 2 atom stereocenters. The summed E-state index contributed by atoms with van der Waals surface area (Å²) in [6.45, 7) is 7.82. The van der Waals surface area contributed by atoms with Crippen LogP contribution < -0.4 is 9.62 Å². The zero-order valence-corrected chi connectivity index (χ0v) is 13.3. The zero-order chi connectivity index (χ0) is 14.8. The fourth-order valence-electron chi connectivity index (χ4n) is 2.57. The number of sulfonamides is 1. The first-order valence-corrected chi connectivity index (χ1v) is 8.88. The van der Waals surface area contributed by atoms with Crippen LogP contribution in [0.3, 0.4) is 0 Å². The molecule has 0 radical (unpaired) electrons. The summed E-state index contributed by atoms with van der Waals surface area (Å²) in [6, 6.07) is 8.14. The van der Waals surface area contributed by atoms with Gasteiger partial charge in [0.1, 0.15) is 0 Å². The van der Waals surface area contributed by atoms with Gasteiger partial charge in [-0.25, -0.2) is 8.42 Å². The van der Waals surface area contributed by atoms with Gasteiger partial charge in [0.15, 0.2) is 0 Å². The van der Waals surface area contributed by atoms with Gasteiger partial charge in [-0.1, -0.05) is 26.0 Å². The number of anilines is 1. The molecule has 0 amide bonds. The van der Waals surface area contributed by atoms with Gasteiger partial charge < -0.3 is 5.32 Å². The van der Waals surface area contributed by atoms with Crippen LogP contribution in [0.5, 0.6) is 0 Å². The lowest BCUT2D eigenvalue weighted by atomic mass is 10.1. The summed E-state index contributed by atoms with van der Waals surface area (Å²) in [7, 11) is -3.12. The van der Waals surface area contributed by atoms with E-state index < -0.39 is 10.0 Å². The summed E-state index contributed by atoms with van der Waals surface area (Å²) in [5, 5.41) is 3.43. The average molecular weight is 296 g/mol. The van der Waals surface area contributed by atoms with Gasteiger partial charge in [-0.2, -0.15) is 0 Å². The van der Waals surface area contributed by atoms with Crippen molar-refractivity contribution in [2.24, 2.45) is 5.92 Å². The predicted molar refractivity (Wildman–Crippen MR) is 83.4 cm³/mol. The Kier molecular flexibility index (Phi) is 4.70. The number of nitrogens with zero attached hydrogens (tertiary/aromatic N) is 1. The molecule has 4 nitrogen and oxygen atoms in total. The molecule has 1 aliphatic heterocycles. The van der Waals surface area contributed by atoms with Crippen LogP contribution in [0.15, 0.2) is 24.3 Å². The Morgan fingerprint density at radius 1 is 1.35 bits per heavy atom. The molecule has 5 heteroatoms. The molecule has 2 rings (SSSR count). The Bertz CT molecular complexity index is 539. The van der Waals surface area contributed by atoms with E-state index in [1.54, 1.807) is 0 Å². The second-order valence-electron chi connectivity index (χ2n) is 5.68. The molecule has 1 saturated heterocycles.